The predicted molar refractivity (Wildman–Crippen MR) is 121 cm³/mol. The number of hydrogen-bond acceptors (Lipinski definition) is 2. The minimum absolute atomic E-state index is 0.0569. The van der Waals surface area contributed by atoms with Crippen LogP contribution in [0, 0.1) is 28.6 Å². The molecule has 0 aromatic heterocycles. The Kier molecular flexibility index (Phi) is 5.13. The number of aliphatic hydroxyl groups is 1. The van der Waals surface area contributed by atoms with Gasteiger partial charge in [0.25, 0.3) is 0 Å². The molecule has 4 aliphatic rings. The molecule has 1 aromatic carbocycles. The van der Waals surface area contributed by atoms with E-state index in [2.05, 4.69) is 19.9 Å². The summed E-state index contributed by atoms with van der Waals surface area (Å²) in [6.07, 6.45) is 4.57. The molecule has 0 saturated heterocycles. The maximum atomic E-state index is 13.5. The number of likely N-dealkylation sites (N-methyl/N-ethyl adjacent to an activating group) is 1. The normalized spacial score (nSPS) is 41.7. The highest BCUT2D eigenvalue weighted by Gasteiger charge is 2.61. The molecule has 1 heterocycles. The minimum Gasteiger partial charge on any atom is -0.388 e. The number of hydrogen-bond donors (Lipinski definition) is 1. The summed E-state index contributed by atoms with van der Waals surface area (Å²) in [5.74, 6) is 1.07. The molecule has 1 aromatic rings. The molecule has 3 aliphatic carbocycles. The fraction of sp³-hybridized carbons (Fsp3) is 0.593. The zero-order chi connectivity index (χ0) is 23.8. The Labute approximate surface area is 193 Å². The van der Waals surface area contributed by atoms with Crippen molar-refractivity contribution in [3.05, 3.63) is 53.1 Å². The second kappa shape index (κ2) is 7.46. The van der Waals surface area contributed by atoms with E-state index in [1.807, 2.05) is 11.9 Å². The molecule has 33 heavy (non-hydrogen) atoms. The molecular weight excluding hydrogens is 427 g/mol. The summed E-state index contributed by atoms with van der Waals surface area (Å²) in [7, 11) is 1.89. The van der Waals surface area contributed by atoms with E-state index in [-0.39, 0.29) is 34.3 Å². The molecular formula is C27H32F3NO2. The fourth-order valence-electron chi connectivity index (χ4n) is 7.82. The molecule has 3 saturated carbocycles. The van der Waals surface area contributed by atoms with Crippen molar-refractivity contribution in [3.8, 4) is 0 Å². The zero-order valence-corrected chi connectivity index (χ0v) is 19.4. The lowest BCUT2D eigenvalue weighted by Crippen LogP contribution is -2.59. The van der Waals surface area contributed by atoms with Crippen molar-refractivity contribution < 1.29 is 23.1 Å². The van der Waals surface area contributed by atoms with Crippen LogP contribution in [0.1, 0.15) is 57.1 Å². The van der Waals surface area contributed by atoms with Gasteiger partial charge in [0, 0.05) is 23.9 Å². The molecule has 0 spiro atoms. The van der Waals surface area contributed by atoms with Crippen molar-refractivity contribution in [2.45, 2.75) is 64.3 Å². The van der Waals surface area contributed by atoms with Crippen LogP contribution in [0.3, 0.4) is 0 Å². The van der Waals surface area contributed by atoms with E-state index in [0.29, 0.717) is 18.3 Å². The van der Waals surface area contributed by atoms with Gasteiger partial charge in [-0.15, -0.1) is 0 Å². The Balaban J connectivity index is 1.49. The average molecular weight is 460 g/mol. The molecule has 1 N–H and O–H groups in total. The smallest absolute Gasteiger partial charge is 0.388 e. The number of amides is 1. The second-order valence-corrected chi connectivity index (χ2v) is 11.1. The lowest BCUT2D eigenvalue weighted by atomic mass is 9.48. The van der Waals surface area contributed by atoms with Gasteiger partial charge < -0.3 is 10.0 Å². The third-order valence-electron chi connectivity index (χ3n) is 9.60. The topological polar surface area (TPSA) is 40.5 Å². The highest BCUT2D eigenvalue weighted by Crippen LogP contribution is 2.65. The molecule has 3 nitrogen and oxygen atoms in total. The summed E-state index contributed by atoms with van der Waals surface area (Å²) in [4.78, 5) is 14.1. The van der Waals surface area contributed by atoms with Crippen molar-refractivity contribution in [3.63, 3.8) is 0 Å². The minimum atomic E-state index is -4.43. The lowest BCUT2D eigenvalue weighted by Gasteiger charge is -2.59. The number of nitrogens with zero attached hydrogens (tertiary/aromatic N) is 1. The number of carbonyl (C=O) groups excluding carboxylic acids is 1. The highest BCUT2D eigenvalue weighted by atomic mass is 19.4. The number of aliphatic hydroxyl groups excluding tert-OH is 1. The second-order valence-electron chi connectivity index (χ2n) is 11.1. The Morgan fingerprint density at radius 1 is 1.12 bits per heavy atom. The van der Waals surface area contributed by atoms with Crippen LogP contribution >= 0.6 is 0 Å². The van der Waals surface area contributed by atoms with Crippen molar-refractivity contribution in [1.82, 2.24) is 4.90 Å². The Bertz CT molecular complexity index is 1030. The monoisotopic (exact) mass is 459 g/mol. The zero-order valence-electron chi connectivity index (χ0n) is 19.4. The molecule has 1 aliphatic heterocycles. The van der Waals surface area contributed by atoms with Crippen LogP contribution in [-0.4, -0.2) is 35.1 Å². The van der Waals surface area contributed by atoms with Gasteiger partial charge in [0.15, 0.2) is 0 Å². The maximum absolute atomic E-state index is 13.5. The molecule has 1 amide bonds. The Morgan fingerprint density at radius 3 is 2.58 bits per heavy atom. The van der Waals surface area contributed by atoms with Crippen molar-refractivity contribution in [2.24, 2.45) is 28.6 Å². The number of halogens is 3. The van der Waals surface area contributed by atoms with Gasteiger partial charge in [-0.25, -0.2) is 0 Å². The number of carbonyl (C=O) groups is 1. The fourth-order valence-corrected chi connectivity index (χ4v) is 7.82. The van der Waals surface area contributed by atoms with E-state index in [0.717, 1.165) is 37.3 Å². The van der Waals surface area contributed by atoms with Crippen LogP contribution in [0.25, 0.3) is 6.08 Å². The quantitative estimate of drug-likeness (QED) is 0.585. The van der Waals surface area contributed by atoms with Gasteiger partial charge in [0.05, 0.1) is 11.7 Å². The van der Waals surface area contributed by atoms with E-state index in [9.17, 15) is 23.1 Å². The largest absolute Gasteiger partial charge is 0.416 e. The molecule has 3 fully saturated rings. The maximum Gasteiger partial charge on any atom is 0.416 e. The molecule has 0 unspecified atom stereocenters. The molecule has 0 radical (unpaired) electrons. The highest BCUT2D eigenvalue weighted by molar-refractivity contribution is 5.89. The van der Waals surface area contributed by atoms with Crippen LogP contribution in [0.2, 0.25) is 0 Å². The standard InChI is InChI=1S/C27H32F3NO2/c1-25-13-11-23(32)31(3)22(25)9-8-18-20(25)10-12-26(2)21(18)15-17(24(26)33)14-16-6-4-5-7-19(16)27(28,29)30/h4-7,11,13-14,18,20-22,24,33H,8-10,12,15H2,1-3H3/b17-14+/t18-,20+,21+,22-,24+,25-,26+/m1/s1. The van der Waals surface area contributed by atoms with Gasteiger partial charge in [0.2, 0.25) is 5.91 Å². The molecule has 0 bridgehead atoms. The lowest BCUT2D eigenvalue weighted by molar-refractivity contribution is -0.140. The number of benzene rings is 1. The Morgan fingerprint density at radius 2 is 1.85 bits per heavy atom. The van der Waals surface area contributed by atoms with E-state index in [4.69, 9.17) is 0 Å². The first kappa shape index (κ1) is 22.7. The van der Waals surface area contributed by atoms with Crippen LogP contribution in [0.4, 0.5) is 13.2 Å². The third kappa shape index (κ3) is 3.31. The molecule has 6 heteroatoms. The SMILES string of the molecule is CN1C(=O)C=C[C@]2(C)[C@H]3CC[C@]4(C)[C@@H](O)/C(=C/c5ccccc5C(F)(F)F)C[C@H]4[C@@H]3CC[C@@H]12. The van der Waals surface area contributed by atoms with Gasteiger partial charge in [-0.05, 0) is 73.1 Å². The van der Waals surface area contributed by atoms with Crippen molar-refractivity contribution in [2.75, 3.05) is 7.05 Å². The van der Waals surface area contributed by atoms with E-state index >= 15 is 0 Å². The van der Waals surface area contributed by atoms with Crippen LogP contribution in [0.5, 0.6) is 0 Å². The van der Waals surface area contributed by atoms with E-state index in [1.165, 1.54) is 12.1 Å². The Hall–Kier alpha value is -2.08. The van der Waals surface area contributed by atoms with Gasteiger partial charge in [-0.1, -0.05) is 44.2 Å². The average Bonchev–Trinajstić information content (AvgIpc) is 3.01. The first-order valence-corrected chi connectivity index (χ1v) is 12.0. The molecule has 178 valence electrons. The number of rotatable bonds is 1. The van der Waals surface area contributed by atoms with E-state index < -0.39 is 17.8 Å². The summed E-state index contributed by atoms with van der Waals surface area (Å²) in [5.41, 5.74) is -0.241. The van der Waals surface area contributed by atoms with Gasteiger partial charge in [-0.2, -0.15) is 13.2 Å². The first-order valence-electron chi connectivity index (χ1n) is 12.0. The van der Waals surface area contributed by atoms with Crippen LogP contribution in [-0.2, 0) is 11.0 Å². The predicted octanol–water partition coefficient (Wildman–Crippen LogP) is 5.70. The summed E-state index contributed by atoms with van der Waals surface area (Å²) < 4.78 is 40.6. The van der Waals surface area contributed by atoms with Crippen LogP contribution in [0.15, 0.2) is 42.0 Å². The molecule has 7 atom stereocenters. The van der Waals surface area contributed by atoms with Gasteiger partial charge in [-0.3, -0.25) is 4.79 Å². The number of alkyl halides is 3. The van der Waals surface area contributed by atoms with Gasteiger partial charge in [0.1, 0.15) is 0 Å². The summed E-state index contributed by atoms with van der Waals surface area (Å²) in [6.45, 7) is 4.38. The summed E-state index contributed by atoms with van der Waals surface area (Å²) in [6, 6.07) is 5.79. The summed E-state index contributed by atoms with van der Waals surface area (Å²) in [5, 5.41) is 11.3. The van der Waals surface area contributed by atoms with Crippen LogP contribution < -0.4 is 0 Å². The first-order chi connectivity index (χ1) is 15.5. The summed E-state index contributed by atoms with van der Waals surface area (Å²) >= 11 is 0. The van der Waals surface area contributed by atoms with E-state index in [1.54, 1.807) is 18.2 Å². The number of fused-ring (bicyclic) bond motifs is 5. The molecule has 5 rings (SSSR count). The third-order valence-corrected chi connectivity index (χ3v) is 9.60. The van der Waals surface area contributed by atoms with Crippen molar-refractivity contribution in [1.29, 1.82) is 0 Å². The van der Waals surface area contributed by atoms with Crippen molar-refractivity contribution >= 4 is 12.0 Å². The van der Waals surface area contributed by atoms with Gasteiger partial charge >= 0.3 is 6.18 Å².